The number of hydrogen-bond acceptors (Lipinski definition) is 4. The number of oxazole rings is 1. The Labute approximate surface area is 98.7 Å². The van der Waals surface area contributed by atoms with Crippen LogP contribution < -0.4 is 11.1 Å². The molecule has 5 nitrogen and oxygen atoms in total. The second-order valence-electron chi connectivity index (χ2n) is 4.06. The van der Waals surface area contributed by atoms with E-state index in [0.29, 0.717) is 12.0 Å². The van der Waals surface area contributed by atoms with Gasteiger partial charge in [-0.05, 0) is 37.7 Å². The Morgan fingerprint density at radius 1 is 1.53 bits per heavy atom. The maximum absolute atomic E-state index is 11.3. The molecule has 0 fully saturated rings. The van der Waals surface area contributed by atoms with Crippen molar-refractivity contribution in [2.45, 2.75) is 12.5 Å². The molecule has 1 heterocycles. The third kappa shape index (κ3) is 2.25. The number of fused-ring (bicyclic) bond motifs is 1. The van der Waals surface area contributed by atoms with Crippen molar-refractivity contribution in [3.05, 3.63) is 34.3 Å². The normalized spacial score (nSPS) is 13.1. The minimum Gasteiger partial charge on any atom is -0.408 e. The standard InChI is InChI=1S/C12H16N2O3/c1-13-6-5-10(15)8-3-4-9-11(7-8)17-12(16)14(9)2/h3-4,7,10,13,15H,5-6H2,1-2H3. The summed E-state index contributed by atoms with van der Waals surface area (Å²) in [5, 5.41) is 12.9. The summed E-state index contributed by atoms with van der Waals surface area (Å²) < 4.78 is 6.52. The van der Waals surface area contributed by atoms with E-state index in [1.807, 2.05) is 13.1 Å². The lowest BCUT2D eigenvalue weighted by Gasteiger charge is -2.10. The molecule has 0 aliphatic carbocycles. The van der Waals surface area contributed by atoms with Crippen LogP contribution >= 0.6 is 0 Å². The first-order valence-electron chi connectivity index (χ1n) is 5.55. The maximum Gasteiger partial charge on any atom is 0.419 e. The Balaban J connectivity index is 2.34. The predicted molar refractivity (Wildman–Crippen MR) is 65.0 cm³/mol. The van der Waals surface area contributed by atoms with Crippen LogP contribution in [0.3, 0.4) is 0 Å². The van der Waals surface area contributed by atoms with Gasteiger partial charge in [-0.25, -0.2) is 4.79 Å². The topological polar surface area (TPSA) is 67.4 Å². The van der Waals surface area contributed by atoms with Gasteiger partial charge in [0.1, 0.15) is 0 Å². The van der Waals surface area contributed by atoms with Gasteiger partial charge in [0, 0.05) is 7.05 Å². The molecule has 2 N–H and O–H groups in total. The summed E-state index contributed by atoms with van der Waals surface area (Å²) in [5.41, 5.74) is 2.01. The average molecular weight is 236 g/mol. The van der Waals surface area contributed by atoms with Crippen molar-refractivity contribution in [1.82, 2.24) is 9.88 Å². The van der Waals surface area contributed by atoms with Crippen molar-refractivity contribution in [2.75, 3.05) is 13.6 Å². The molecule has 0 aliphatic rings. The third-order valence-corrected chi connectivity index (χ3v) is 2.87. The number of aliphatic hydroxyl groups excluding tert-OH is 1. The van der Waals surface area contributed by atoms with Crippen LogP contribution in [-0.4, -0.2) is 23.3 Å². The summed E-state index contributed by atoms with van der Waals surface area (Å²) in [5.74, 6) is -0.387. The lowest BCUT2D eigenvalue weighted by atomic mass is 10.1. The van der Waals surface area contributed by atoms with E-state index in [-0.39, 0.29) is 5.76 Å². The number of aromatic nitrogens is 1. The van der Waals surface area contributed by atoms with Crippen molar-refractivity contribution in [3.63, 3.8) is 0 Å². The van der Waals surface area contributed by atoms with Crippen LogP contribution in [0.4, 0.5) is 0 Å². The Kier molecular flexibility index (Phi) is 3.31. The lowest BCUT2D eigenvalue weighted by Crippen LogP contribution is -2.11. The van der Waals surface area contributed by atoms with Gasteiger partial charge in [0.05, 0.1) is 11.6 Å². The minimum absolute atomic E-state index is 0.387. The van der Waals surface area contributed by atoms with E-state index in [1.165, 1.54) is 4.57 Å². The molecule has 0 spiro atoms. The molecule has 0 aliphatic heterocycles. The second-order valence-corrected chi connectivity index (χ2v) is 4.06. The Bertz CT molecular complexity index is 571. The fraction of sp³-hybridized carbons (Fsp3) is 0.417. The molecule has 17 heavy (non-hydrogen) atoms. The quantitative estimate of drug-likeness (QED) is 0.823. The van der Waals surface area contributed by atoms with Crippen LogP contribution in [0.15, 0.2) is 27.4 Å². The first-order chi connectivity index (χ1) is 8.13. The Morgan fingerprint density at radius 3 is 3.00 bits per heavy atom. The van der Waals surface area contributed by atoms with Crippen LogP contribution in [0.1, 0.15) is 18.1 Å². The first-order valence-corrected chi connectivity index (χ1v) is 5.55. The van der Waals surface area contributed by atoms with Gasteiger partial charge in [0.2, 0.25) is 0 Å². The van der Waals surface area contributed by atoms with Gasteiger partial charge >= 0.3 is 5.76 Å². The van der Waals surface area contributed by atoms with Crippen LogP contribution in [0.2, 0.25) is 0 Å². The van der Waals surface area contributed by atoms with E-state index in [4.69, 9.17) is 4.42 Å². The molecule has 2 aromatic rings. The summed E-state index contributed by atoms with van der Waals surface area (Å²) >= 11 is 0. The highest BCUT2D eigenvalue weighted by Gasteiger charge is 2.11. The number of hydrogen-bond donors (Lipinski definition) is 2. The molecule has 0 saturated carbocycles. The number of nitrogens with one attached hydrogen (secondary N) is 1. The molecule has 1 unspecified atom stereocenters. The largest absolute Gasteiger partial charge is 0.419 e. The molecule has 0 radical (unpaired) electrons. The van der Waals surface area contributed by atoms with E-state index >= 15 is 0 Å². The van der Waals surface area contributed by atoms with E-state index in [9.17, 15) is 9.90 Å². The number of rotatable bonds is 4. The minimum atomic E-state index is -0.544. The van der Waals surface area contributed by atoms with Crippen LogP contribution in [0.5, 0.6) is 0 Å². The van der Waals surface area contributed by atoms with E-state index in [2.05, 4.69) is 5.32 Å². The van der Waals surface area contributed by atoms with E-state index in [0.717, 1.165) is 17.6 Å². The number of aliphatic hydroxyl groups is 1. The number of aryl methyl sites for hydroxylation is 1. The first kappa shape index (κ1) is 11.9. The monoisotopic (exact) mass is 236 g/mol. The van der Waals surface area contributed by atoms with Crippen molar-refractivity contribution in [3.8, 4) is 0 Å². The summed E-state index contributed by atoms with van der Waals surface area (Å²) in [6.45, 7) is 0.734. The maximum atomic E-state index is 11.3. The van der Waals surface area contributed by atoms with Gasteiger partial charge in [-0.1, -0.05) is 6.07 Å². The van der Waals surface area contributed by atoms with Gasteiger partial charge < -0.3 is 14.8 Å². The van der Waals surface area contributed by atoms with Gasteiger partial charge in [-0.15, -0.1) is 0 Å². The molecule has 0 bridgehead atoms. The second kappa shape index (κ2) is 4.73. The highest BCUT2D eigenvalue weighted by molar-refractivity contribution is 5.73. The van der Waals surface area contributed by atoms with Gasteiger partial charge in [0.25, 0.3) is 0 Å². The van der Waals surface area contributed by atoms with Crippen molar-refractivity contribution in [1.29, 1.82) is 0 Å². The number of benzene rings is 1. The van der Waals surface area contributed by atoms with Crippen molar-refractivity contribution < 1.29 is 9.52 Å². The summed E-state index contributed by atoms with van der Waals surface area (Å²) in [6.07, 6.45) is 0.0800. The van der Waals surface area contributed by atoms with Gasteiger partial charge in [-0.3, -0.25) is 4.57 Å². The average Bonchev–Trinajstić information content (AvgIpc) is 2.61. The highest BCUT2D eigenvalue weighted by atomic mass is 16.4. The molecule has 0 saturated heterocycles. The molecule has 5 heteroatoms. The molecular formula is C12H16N2O3. The van der Waals surface area contributed by atoms with Gasteiger partial charge in [0.15, 0.2) is 5.58 Å². The molecular weight excluding hydrogens is 220 g/mol. The van der Waals surface area contributed by atoms with E-state index in [1.54, 1.807) is 19.2 Å². The van der Waals surface area contributed by atoms with Crippen molar-refractivity contribution in [2.24, 2.45) is 7.05 Å². The zero-order chi connectivity index (χ0) is 12.4. The molecule has 1 atom stereocenters. The SMILES string of the molecule is CNCCC(O)c1ccc2c(c1)oc(=O)n2C. The third-order valence-electron chi connectivity index (χ3n) is 2.87. The Morgan fingerprint density at radius 2 is 2.29 bits per heavy atom. The number of nitrogens with zero attached hydrogens (tertiary/aromatic N) is 1. The molecule has 92 valence electrons. The molecule has 1 aromatic heterocycles. The van der Waals surface area contributed by atoms with Gasteiger partial charge in [-0.2, -0.15) is 0 Å². The summed E-state index contributed by atoms with van der Waals surface area (Å²) in [6, 6.07) is 5.33. The molecule has 1 aromatic carbocycles. The molecule has 0 amide bonds. The van der Waals surface area contributed by atoms with Crippen LogP contribution in [-0.2, 0) is 7.05 Å². The zero-order valence-electron chi connectivity index (χ0n) is 9.93. The predicted octanol–water partition coefficient (Wildman–Crippen LogP) is 0.774. The molecule has 2 rings (SSSR count). The van der Waals surface area contributed by atoms with E-state index < -0.39 is 6.10 Å². The summed E-state index contributed by atoms with van der Waals surface area (Å²) in [7, 11) is 3.50. The smallest absolute Gasteiger partial charge is 0.408 e. The zero-order valence-corrected chi connectivity index (χ0v) is 9.93. The van der Waals surface area contributed by atoms with Crippen molar-refractivity contribution >= 4 is 11.1 Å². The fourth-order valence-electron chi connectivity index (χ4n) is 1.81. The highest BCUT2D eigenvalue weighted by Crippen LogP contribution is 2.21. The fourth-order valence-corrected chi connectivity index (χ4v) is 1.81. The Hall–Kier alpha value is -1.59. The summed E-state index contributed by atoms with van der Waals surface area (Å²) in [4.78, 5) is 11.3. The van der Waals surface area contributed by atoms with Crippen LogP contribution in [0.25, 0.3) is 11.1 Å². The lowest BCUT2D eigenvalue weighted by molar-refractivity contribution is 0.168. The van der Waals surface area contributed by atoms with Crippen LogP contribution in [0, 0.1) is 0 Å².